The van der Waals surface area contributed by atoms with Crippen molar-refractivity contribution in [1.29, 1.82) is 0 Å². The van der Waals surface area contributed by atoms with Crippen molar-refractivity contribution in [3.8, 4) is 5.75 Å². The minimum Gasteiger partial charge on any atom is -0.495 e. The molecule has 1 aromatic heterocycles. The number of anilines is 1. The van der Waals surface area contributed by atoms with Crippen molar-refractivity contribution in [2.24, 2.45) is 5.73 Å². The standard InChI is InChI=1S/C13H14ClN3O3S/c1-20-13-9(8-15)6-10(14)7-11(13)21(18,19)17-12-4-2-3-5-16-12/h2-7H,8,15H2,1H3,(H,16,17). The van der Waals surface area contributed by atoms with Gasteiger partial charge >= 0.3 is 0 Å². The number of halogens is 1. The Labute approximate surface area is 128 Å². The summed E-state index contributed by atoms with van der Waals surface area (Å²) in [5.41, 5.74) is 6.10. The molecule has 3 N–H and O–H groups in total. The van der Waals surface area contributed by atoms with E-state index in [1.54, 1.807) is 24.3 Å². The van der Waals surface area contributed by atoms with Gasteiger partial charge < -0.3 is 10.5 Å². The predicted octanol–water partition coefficient (Wildman–Crippen LogP) is 2.00. The Balaban J connectivity index is 2.51. The summed E-state index contributed by atoms with van der Waals surface area (Å²) in [6.45, 7) is 0.107. The summed E-state index contributed by atoms with van der Waals surface area (Å²) in [6, 6.07) is 7.78. The molecule has 0 aliphatic heterocycles. The topological polar surface area (TPSA) is 94.3 Å². The van der Waals surface area contributed by atoms with Gasteiger partial charge in [0, 0.05) is 23.3 Å². The number of aromatic nitrogens is 1. The number of nitrogens with zero attached hydrogens (tertiary/aromatic N) is 1. The van der Waals surface area contributed by atoms with Crippen LogP contribution in [0, 0.1) is 0 Å². The monoisotopic (exact) mass is 327 g/mol. The van der Waals surface area contributed by atoms with Crippen molar-refractivity contribution < 1.29 is 13.2 Å². The molecule has 8 heteroatoms. The van der Waals surface area contributed by atoms with Crippen LogP contribution in [0.4, 0.5) is 5.82 Å². The Kier molecular flexibility index (Phi) is 4.66. The number of hydrogen-bond donors (Lipinski definition) is 2. The average Bonchev–Trinajstić information content (AvgIpc) is 2.46. The van der Waals surface area contributed by atoms with Crippen LogP contribution in [0.1, 0.15) is 5.56 Å². The lowest BCUT2D eigenvalue weighted by atomic mass is 10.2. The summed E-state index contributed by atoms with van der Waals surface area (Å²) in [4.78, 5) is 3.84. The number of nitrogens with one attached hydrogen (secondary N) is 1. The van der Waals surface area contributed by atoms with E-state index in [2.05, 4.69) is 9.71 Å². The van der Waals surface area contributed by atoms with Crippen LogP contribution >= 0.6 is 11.6 Å². The highest BCUT2D eigenvalue weighted by Crippen LogP contribution is 2.32. The minimum atomic E-state index is -3.89. The average molecular weight is 328 g/mol. The van der Waals surface area contributed by atoms with Gasteiger partial charge in [-0.05, 0) is 24.3 Å². The van der Waals surface area contributed by atoms with Gasteiger partial charge in [-0.3, -0.25) is 4.72 Å². The van der Waals surface area contributed by atoms with E-state index in [0.717, 1.165) is 0 Å². The molecule has 0 unspecified atom stereocenters. The third kappa shape index (κ3) is 3.44. The quantitative estimate of drug-likeness (QED) is 0.876. The van der Waals surface area contributed by atoms with Crippen molar-refractivity contribution in [3.63, 3.8) is 0 Å². The zero-order valence-electron chi connectivity index (χ0n) is 11.2. The second-order valence-electron chi connectivity index (χ2n) is 4.12. The molecule has 0 amide bonds. The lowest BCUT2D eigenvalue weighted by Gasteiger charge is -2.14. The van der Waals surface area contributed by atoms with Crippen molar-refractivity contribution in [2.45, 2.75) is 11.4 Å². The number of ether oxygens (including phenoxy) is 1. The molecule has 0 fully saturated rings. The first-order chi connectivity index (χ1) is 9.97. The molecule has 6 nitrogen and oxygen atoms in total. The Bertz CT molecular complexity index is 736. The zero-order chi connectivity index (χ0) is 15.5. The number of rotatable bonds is 5. The van der Waals surface area contributed by atoms with Crippen LogP contribution in [0.15, 0.2) is 41.4 Å². The van der Waals surface area contributed by atoms with Crippen molar-refractivity contribution >= 4 is 27.4 Å². The summed E-state index contributed by atoms with van der Waals surface area (Å²) in [5.74, 6) is 0.374. The molecule has 112 valence electrons. The largest absolute Gasteiger partial charge is 0.495 e. The Morgan fingerprint density at radius 3 is 2.71 bits per heavy atom. The van der Waals surface area contributed by atoms with E-state index in [-0.39, 0.29) is 28.0 Å². The molecule has 0 aliphatic carbocycles. The van der Waals surface area contributed by atoms with Gasteiger partial charge in [0.2, 0.25) is 0 Å². The highest BCUT2D eigenvalue weighted by molar-refractivity contribution is 7.92. The summed E-state index contributed by atoms with van der Waals surface area (Å²) in [5, 5.41) is 0.262. The number of nitrogens with two attached hydrogens (primary N) is 1. The van der Waals surface area contributed by atoms with Gasteiger partial charge in [-0.15, -0.1) is 0 Å². The number of pyridine rings is 1. The van der Waals surface area contributed by atoms with Gasteiger partial charge in [-0.1, -0.05) is 17.7 Å². The normalized spacial score (nSPS) is 11.2. The van der Waals surface area contributed by atoms with Crippen LogP contribution < -0.4 is 15.2 Å². The van der Waals surface area contributed by atoms with Crippen LogP contribution in [-0.2, 0) is 16.6 Å². The molecule has 2 aromatic rings. The molecule has 0 saturated heterocycles. The fourth-order valence-electron chi connectivity index (χ4n) is 1.82. The maximum atomic E-state index is 12.5. The molecule has 0 radical (unpaired) electrons. The first kappa shape index (κ1) is 15.6. The SMILES string of the molecule is COc1c(CN)cc(Cl)cc1S(=O)(=O)Nc1ccccn1. The molecule has 1 heterocycles. The van der Waals surface area contributed by atoms with E-state index < -0.39 is 10.0 Å². The van der Waals surface area contributed by atoms with Crippen molar-refractivity contribution in [1.82, 2.24) is 4.98 Å². The van der Waals surface area contributed by atoms with Crippen LogP contribution in [0.2, 0.25) is 5.02 Å². The minimum absolute atomic E-state index is 0.0800. The van der Waals surface area contributed by atoms with Gasteiger partial charge in [0.05, 0.1) is 7.11 Å². The van der Waals surface area contributed by atoms with Crippen molar-refractivity contribution in [3.05, 3.63) is 47.1 Å². The lowest BCUT2D eigenvalue weighted by molar-refractivity contribution is 0.398. The Morgan fingerprint density at radius 2 is 2.14 bits per heavy atom. The predicted molar refractivity (Wildman–Crippen MR) is 80.9 cm³/mol. The third-order valence-corrected chi connectivity index (χ3v) is 4.29. The van der Waals surface area contributed by atoms with Crippen LogP contribution in [0.5, 0.6) is 5.75 Å². The van der Waals surface area contributed by atoms with Crippen LogP contribution in [0.25, 0.3) is 0 Å². The summed E-state index contributed by atoms with van der Waals surface area (Å²) < 4.78 is 32.5. The van der Waals surface area contributed by atoms with E-state index in [9.17, 15) is 8.42 Å². The fourth-order valence-corrected chi connectivity index (χ4v) is 3.37. The molecule has 0 saturated carbocycles. The van der Waals surface area contributed by atoms with Gasteiger partial charge in [0.1, 0.15) is 16.5 Å². The van der Waals surface area contributed by atoms with E-state index in [1.807, 2.05) is 0 Å². The van der Waals surface area contributed by atoms with Crippen LogP contribution in [0.3, 0.4) is 0 Å². The number of sulfonamides is 1. The zero-order valence-corrected chi connectivity index (χ0v) is 12.8. The molecule has 0 bridgehead atoms. The first-order valence-electron chi connectivity index (χ1n) is 5.98. The molecule has 2 rings (SSSR count). The highest BCUT2D eigenvalue weighted by Gasteiger charge is 2.23. The summed E-state index contributed by atoms with van der Waals surface area (Å²) >= 11 is 5.95. The highest BCUT2D eigenvalue weighted by atomic mass is 35.5. The fraction of sp³-hybridized carbons (Fsp3) is 0.154. The van der Waals surface area contributed by atoms with Crippen LogP contribution in [-0.4, -0.2) is 20.5 Å². The van der Waals surface area contributed by atoms with E-state index in [1.165, 1.54) is 19.4 Å². The molecular weight excluding hydrogens is 314 g/mol. The third-order valence-electron chi connectivity index (χ3n) is 2.71. The van der Waals surface area contributed by atoms with Gasteiger partial charge in [-0.2, -0.15) is 0 Å². The van der Waals surface area contributed by atoms with Gasteiger partial charge in [0.15, 0.2) is 0 Å². The molecule has 0 aliphatic rings. The molecule has 1 aromatic carbocycles. The van der Waals surface area contributed by atoms with Gasteiger partial charge in [0.25, 0.3) is 10.0 Å². The van der Waals surface area contributed by atoms with Crippen molar-refractivity contribution in [2.75, 3.05) is 11.8 Å². The smallest absolute Gasteiger partial charge is 0.266 e. The molecule has 0 spiro atoms. The Morgan fingerprint density at radius 1 is 1.38 bits per heavy atom. The Hall–Kier alpha value is -1.83. The van der Waals surface area contributed by atoms with E-state index in [0.29, 0.717) is 5.56 Å². The van der Waals surface area contributed by atoms with E-state index in [4.69, 9.17) is 22.1 Å². The lowest BCUT2D eigenvalue weighted by Crippen LogP contribution is -2.16. The van der Waals surface area contributed by atoms with E-state index >= 15 is 0 Å². The number of benzene rings is 1. The summed E-state index contributed by atoms with van der Waals surface area (Å²) in [7, 11) is -2.51. The second-order valence-corrected chi connectivity index (χ2v) is 6.21. The van der Waals surface area contributed by atoms with Gasteiger partial charge in [-0.25, -0.2) is 13.4 Å². The number of methoxy groups -OCH3 is 1. The first-order valence-corrected chi connectivity index (χ1v) is 7.84. The molecule has 21 heavy (non-hydrogen) atoms. The summed E-state index contributed by atoms with van der Waals surface area (Å²) in [6.07, 6.45) is 1.48. The maximum absolute atomic E-state index is 12.5. The number of hydrogen-bond acceptors (Lipinski definition) is 5. The second kappa shape index (κ2) is 6.30. The maximum Gasteiger partial charge on any atom is 0.266 e. The molecular formula is C13H14ClN3O3S. The molecule has 0 atom stereocenters.